The number of hydrogen-bond donors (Lipinski definition) is 1. The molecule has 0 saturated heterocycles. The monoisotopic (exact) mass is 287 g/mol. The quantitative estimate of drug-likeness (QED) is 0.878. The summed E-state index contributed by atoms with van der Waals surface area (Å²) in [6, 6.07) is 4.60. The molecular weight excluding hydrogens is 261 g/mol. The van der Waals surface area contributed by atoms with E-state index in [0.717, 1.165) is 5.56 Å². The Morgan fingerprint density at radius 1 is 1.16 bits per heavy atom. The van der Waals surface area contributed by atoms with Crippen molar-refractivity contribution in [2.45, 2.75) is 64.8 Å². The zero-order valence-corrected chi connectivity index (χ0v) is 13.8. The van der Waals surface area contributed by atoms with Crippen LogP contribution in [-0.2, 0) is 11.0 Å². The largest absolute Gasteiger partial charge is 0.237 e. The van der Waals surface area contributed by atoms with Gasteiger partial charge in [0.25, 0.3) is 0 Å². The first-order chi connectivity index (χ1) is 8.69. The van der Waals surface area contributed by atoms with Gasteiger partial charge in [-0.2, -0.15) is 0 Å². The van der Waals surface area contributed by atoms with Crippen LogP contribution in [-0.4, -0.2) is 9.75 Å². The fourth-order valence-electron chi connectivity index (χ4n) is 1.36. The molecule has 110 valence electrons. The Bertz CT molecular complexity index is 425. The first kappa shape index (κ1) is 18.3. The summed E-state index contributed by atoms with van der Waals surface area (Å²) in [6.45, 7) is 13.7. The molecule has 19 heavy (non-hydrogen) atoms. The fourth-order valence-corrected chi connectivity index (χ4v) is 2.50. The average Bonchev–Trinajstić information content (AvgIpc) is 2.28. The Morgan fingerprint density at radius 3 is 2.11 bits per heavy atom. The highest BCUT2D eigenvalue weighted by atomic mass is 32.2. The first-order valence-corrected chi connectivity index (χ1v) is 7.84. The molecule has 0 radical (unpaired) electrons. The van der Waals surface area contributed by atoms with E-state index in [-0.39, 0.29) is 17.3 Å². The van der Waals surface area contributed by atoms with Gasteiger partial charge < -0.3 is 0 Å². The molecule has 1 aromatic carbocycles. The minimum absolute atomic E-state index is 0.219. The molecule has 0 amide bonds. The third-order valence-electron chi connectivity index (χ3n) is 2.17. The van der Waals surface area contributed by atoms with Crippen LogP contribution in [0.3, 0.4) is 0 Å². The second-order valence-corrected chi connectivity index (χ2v) is 6.71. The summed E-state index contributed by atoms with van der Waals surface area (Å²) in [5.41, 5.74) is 0.596. The molecule has 1 atom stereocenters. The van der Waals surface area contributed by atoms with E-state index in [1.54, 1.807) is 6.07 Å². The number of benzene rings is 1. The van der Waals surface area contributed by atoms with Crippen LogP contribution in [0.4, 0.5) is 4.39 Å². The second-order valence-electron chi connectivity index (χ2n) is 5.50. The van der Waals surface area contributed by atoms with Crippen LogP contribution in [0.1, 0.15) is 59.9 Å². The lowest BCUT2D eigenvalue weighted by molar-refractivity contribution is 0.519. The van der Waals surface area contributed by atoms with E-state index in [1.807, 2.05) is 48.5 Å². The maximum atomic E-state index is 13.4. The summed E-state index contributed by atoms with van der Waals surface area (Å²) in [6.07, 6.45) is 0. The third-order valence-corrected chi connectivity index (χ3v) is 3.63. The molecule has 0 aliphatic carbocycles. The van der Waals surface area contributed by atoms with E-state index < -0.39 is 11.0 Å². The van der Waals surface area contributed by atoms with Crippen molar-refractivity contribution >= 4 is 11.0 Å². The smallest absolute Gasteiger partial charge is 0.125 e. The van der Waals surface area contributed by atoms with Crippen LogP contribution in [0, 0.1) is 5.82 Å². The predicted octanol–water partition coefficient (Wildman–Crippen LogP) is 4.39. The Kier molecular flexibility index (Phi) is 7.45. The van der Waals surface area contributed by atoms with E-state index in [9.17, 15) is 8.60 Å². The summed E-state index contributed by atoms with van der Waals surface area (Å²) < 4.78 is 28.4. The van der Waals surface area contributed by atoms with Crippen molar-refractivity contribution in [2.75, 3.05) is 0 Å². The number of hydrogen-bond acceptors (Lipinski definition) is 1. The van der Waals surface area contributed by atoms with Gasteiger partial charge in [0.15, 0.2) is 0 Å². The van der Waals surface area contributed by atoms with Gasteiger partial charge in [-0.05, 0) is 50.5 Å². The van der Waals surface area contributed by atoms with Gasteiger partial charge in [-0.3, -0.25) is 0 Å². The standard InChI is InChI=1S/C13H20FNOS.C2H6/c1-9(2)10-6-11(14)8-12(7-10)17(16)15-13(3,4)5;1-2/h6-9,15H,1-5H3;1-2H3. The number of nitrogens with one attached hydrogen (secondary N) is 1. The lowest BCUT2D eigenvalue weighted by Crippen LogP contribution is -2.37. The minimum Gasteiger partial charge on any atom is -0.237 e. The molecule has 4 heteroatoms. The predicted molar refractivity (Wildman–Crippen MR) is 81.1 cm³/mol. The Balaban J connectivity index is 0.00000154. The Labute approximate surface area is 119 Å². The van der Waals surface area contributed by atoms with E-state index in [0.29, 0.717) is 4.90 Å². The van der Waals surface area contributed by atoms with Crippen molar-refractivity contribution in [2.24, 2.45) is 0 Å². The average molecular weight is 287 g/mol. The van der Waals surface area contributed by atoms with Crippen molar-refractivity contribution in [1.82, 2.24) is 4.72 Å². The van der Waals surface area contributed by atoms with E-state index in [2.05, 4.69) is 4.72 Å². The summed E-state index contributed by atoms with van der Waals surface area (Å²) in [4.78, 5) is 0.489. The molecular formula is C15H26FNOS. The van der Waals surface area contributed by atoms with Crippen molar-refractivity contribution in [3.05, 3.63) is 29.6 Å². The zero-order valence-electron chi connectivity index (χ0n) is 13.0. The number of rotatable bonds is 3. The summed E-state index contributed by atoms with van der Waals surface area (Å²) in [5, 5.41) is 0. The highest BCUT2D eigenvalue weighted by Crippen LogP contribution is 2.20. The fraction of sp³-hybridized carbons (Fsp3) is 0.600. The number of halogens is 1. The molecule has 0 aliphatic heterocycles. The van der Waals surface area contributed by atoms with Crippen molar-refractivity contribution in [3.8, 4) is 0 Å². The van der Waals surface area contributed by atoms with Gasteiger partial charge >= 0.3 is 0 Å². The molecule has 0 fully saturated rings. The lowest BCUT2D eigenvalue weighted by Gasteiger charge is -2.20. The maximum Gasteiger partial charge on any atom is 0.125 e. The molecule has 1 rings (SSSR count). The minimum atomic E-state index is -1.38. The van der Waals surface area contributed by atoms with Gasteiger partial charge in [-0.1, -0.05) is 27.7 Å². The van der Waals surface area contributed by atoms with Gasteiger partial charge in [0.1, 0.15) is 16.8 Å². The molecule has 0 saturated carbocycles. The van der Waals surface area contributed by atoms with Crippen LogP contribution in [0.15, 0.2) is 23.1 Å². The van der Waals surface area contributed by atoms with Crippen LogP contribution < -0.4 is 4.72 Å². The molecule has 0 heterocycles. The van der Waals surface area contributed by atoms with E-state index >= 15 is 0 Å². The first-order valence-electron chi connectivity index (χ1n) is 6.69. The van der Waals surface area contributed by atoms with Crippen LogP contribution >= 0.6 is 0 Å². The van der Waals surface area contributed by atoms with Gasteiger partial charge in [0.2, 0.25) is 0 Å². The van der Waals surface area contributed by atoms with Crippen LogP contribution in [0.5, 0.6) is 0 Å². The maximum absolute atomic E-state index is 13.4. The van der Waals surface area contributed by atoms with Gasteiger partial charge in [-0.15, -0.1) is 0 Å². The topological polar surface area (TPSA) is 29.1 Å². The van der Waals surface area contributed by atoms with Gasteiger partial charge in [0, 0.05) is 5.54 Å². The van der Waals surface area contributed by atoms with Crippen molar-refractivity contribution < 1.29 is 8.60 Å². The highest BCUT2D eigenvalue weighted by molar-refractivity contribution is 7.83. The molecule has 1 unspecified atom stereocenters. The molecule has 1 aromatic rings. The zero-order chi connectivity index (χ0) is 15.2. The van der Waals surface area contributed by atoms with Crippen molar-refractivity contribution in [1.29, 1.82) is 0 Å². The lowest BCUT2D eigenvalue weighted by atomic mass is 10.0. The Morgan fingerprint density at radius 2 is 1.68 bits per heavy atom. The second kappa shape index (κ2) is 7.75. The van der Waals surface area contributed by atoms with Gasteiger partial charge in [0.05, 0.1) is 4.90 Å². The van der Waals surface area contributed by atoms with E-state index in [1.165, 1.54) is 12.1 Å². The molecule has 0 spiro atoms. The summed E-state index contributed by atoms with van der Waals surface area (Å²) >= 11 is 0. The summed E-state index contributed by atoms with van der Waals surface area (Å²) in [5.74, 6) is -0.119. The molecule has 2 nitrogen and oxygen atoms in total. The van der Waals surface area contributed by atoms with E-state index in [4.69, 9.17) is 0 Å². The molecule has 0 aliphatic rings. The summed E-state index contributed by atoms with van der Waals surface area (Å²) in [7, 11) is -1.38. The van der Waals surface area contributed by atoms with Gasteiger partial charge in [-0.25, -0.2) is 13.3 Å². The van der Waals surface area contributed by atoms with Crippen LogP contribution in [0.25, 0.3) is 0 Å². The molecule has 0 aromatic heterocycles. The van der Waals surface area contributed by atoms with Crippen LogP contribution in [0.2, 0.25) is 0 Å². The molecule has 0 bridgehead atoms. The Hall–Kier alpha value is -0.740. The molecule has 1 N–H and O–H groups in total. The SMILES string of the molecule is CC.CC(C)c1cc(F)cc(S(=O)NC(C)(C)C)c1. The normalized spacial score (nSPS) is 12.9. The van der Waals surface area contributed by atoms with Crippen molar-refractivity contribution in [3.63, 3.8) is 0 Å². The third kappa shape index (κ3) is 6.83. The highest BCUT2D eigenvalue weighted by Gasteiger charge is 2.16.